The molecule has 2 atom stereocenters. The molecule has 0 radical (unpaired) electrons. The van der Waals surface area contributed by atoms with Gasteiger partial charge in [-0.3, -0.25) is 9.59 Å². The number of primary amides is 1. The third kappa shape index (κ3) is 4.94. The molecule has 0 spiro atoms. The van der Waals surface area contributed by atoms with Crippen LogP contribution in [0.1, 0.15) is 23.7 Å². The van der Waals surface area contributed by atoms with Crippen molar-refractivity contribution in [3.8, 4) is 6.07 Å². The molecule has 20 heavy (non-hydrogen) atoms. The first-order valence-corrected chi connectivity index (χ1v) is 7.38. The van der Waals surface area contributed by atoms with E-state index in [2.05, 4.69) is 37.2 Å². The number of benzene rings is 1. The Morgan fingerprint density at radius 1 is 1.35 bits per heavy atom. The number of rotatable bonds is 5. The maximum Gasteiger partial charge on any atom is 0.252 e. The molecular weight excluding hydrogens is 390 g/mol. The van der Waals surface area contributed by atoms with Crippen LogP contribution < -0.4 is 11.1 Å². The number of amides is 2. The van der Waals surface area contributed by atoms with Gasteiger partial charge < -0.3 is 11.1 Å². The van der Waals surface area contributed by atoms with Crippen molar-refractivity contribution in [2.75, 3.05) is 0 Å². The van der Waals surface area contributed by atoms with Crippen LogP contribution in [0.4, 0.5) is 0 Å². The second kappa shape index (κ2) is 7.41. The summed E-state index contributed by atoms with van der Waals surface area (Å²) in [7, 11) is 0. The first-order valence-electron chi connectivity index (χ1n) is 5.79. The molecule has 0 aliphatic heterocycles. The van der Waals surface area contributed by atoms with Gasteiger partial charge in [0.2, 0.25) is 5.91 Å². The Bertz CT molecular complexity index is 549. The van der Waals surface area contributed by atoms with E-state index in [-0.39, 0.29) is 12.3 Å². The molecule has 0 fully saturated rings. The molecule has 3 N–H and O–H groups in total. The van der Waals surface area contributed by atoms with Crippen LogP contribution in [0.25, 0.3) is 0 Å². The lowest BCUT2D eigenvalue weighted by atomic mass is 10.0. The quantitative estimate of drug-likeness (QED) is 0.790. The minimum Gasteiger partial charge on any atom is -0.368 e. The smallest absolute Gasteiger partial charge is 0.252 e. The summed E-state index contributed by atoms with van der Waals surface area (Å²) in [6.45, 7) is 1.66. The molecular formula is C13H13Br2N3O2. The molecule has 0 saturated carbocycles. The van der Waals surface area contributed by atoms with E-state index in [9.17, 15) is 9.59 Å². The molecule has 0 bridgehead atoms. The van der Waals surface area contributed by atoms with Crippen molar-refractivity contribution in [2.45, 2.75) is 19.4 Å². The monoisotopic (exact) mass is 401 g/mol. The summed E-state index contributed by atoms with van der Waals surface area (Å²) in [5.41, 5.74) is 5.64. The summed E-state index contributed by atoms with van der Waals surface area (Å²) in [5.74, 6) is -1.45. The largest absolute Gasteiger partial charge is 0.368 e. The van der Waals surface area contributed by atoms with Gasteiger partial charge in [-0.1, -0.05) is 31.9 Å². The second-order valence-corrected chi connectivity index (χ2v) is 6.18. The van der Waals surface area contributed by atoms with Gasteiger partial charge in [-0.2, -0.15) is 5.26 Å². The van der Waals surface area contributed by atoms with Gasteiger partial charge in [-0.15, -0.1) is 0 Å². The number of nitrogens with zero attached hydrogens (tertiary/aromatic N) is 1. The fraction of sp³-hybridized carbons (Fsp3) is 0.308. The lowest BCUT2D eigenvalue weighted by Crippen LogP contribution is -2.45. The summed E-state index contributed by atoms with van der Waals surface area (Å²) in [5, 5.41) is 11.3. The molecule has 0 unspecified atom stereocenters. The first kappa shape index (κ1) is 16.7. The van der Waals surface area contributed by atoms with Crippen LogP contribution >= 0.6 is 31.9 Å². The number of nitriles is 1. The molecule has 5 nitrogen and oxygen atoms in total. The van der Waals surface area contributed by atoms with Crippen molar-refractivity contribution in [3.63, 3.8) is 0 Å². The van der Waals surface area contributed by atoms with E-state index in [4.69, 9.17) is 11.0 Å². The normalized spacial score (nSPS) is 13.1. The molecule has 106 valence electrons. The van der Waals surface area contributed by atoms with Gasteiger partial charge in [0.1, 0.15) is 6.04 Å². The molecule has 2 amide bonds. The van der Waals surface area contributed by atoms with Crippen LogP contribution in [-0.2, 0) is 4.79 Å². The highest BCUT2D eigenvalue weighted by Gasteiger charge is 2.21. The zero-order valence-corrected chi connectivity index (χ0v) is 13.9. The Kier molecular flexibility index (Phi) is 6.17. The highest BCUT2D eigenvalue weighted by atomic mass is 79.9. The zero-order chi connectivity index (χ0) is 15.3. The molecule has 1 rings (SSSR count). The molecule has 0 saturated heterocycles. The van der Waals surface area contributed by atoms with Crippen LogP contribution in [0.2, 0.25) is 0 Å². The molecule has 7 heteroatoms. The van der Waals surface area contributed by atoms with E-state index in [1.165, 1.54) is 0 Å². The number of nitrogens with one attached hydrogen (secondary N) is 1. The summed E-state index contributed by atoms with van der Waals surface area (Å²) >= 11 is 6.57. The van der Waals surface area contributed by atoms with Gasteiger partial charge in [-0.05, 0) is 31.5 Å². The van der Waals surface area contributed by atoms with Crippen molar-refractivity contribution < 1.29 is 9.59 Å². The van der Waals surface area contributed by atoms with E-state index in [0.29, 0.717) is 5.56 Å². The standard InChI is InChI=1S/C13H13Br2N3O2/c1-7(6-16)2-11(12(17)19)18-13(20)8-3-9(14)5-10(15)4-8/h3-5,7,11H,2H2,1H3,(H2,17,19)(H,18,20)/t7-,11+/m1/s1. The number of hydrogen-bond acceptors (Lipinski definition) is 3. The number of halogens is 2. The Labute approximate surface area is 133 Å². The minimum atomic E-state index is -0.866. The molecule has 0 heterocycles. The van der Waals surface area contributed by atoms with E-state index >= 15 is 0 Å². The zero-order valence-electron chi connectivity index (χ0n) is 10.7. The fourth-order valence-electron chi connectivity index (χ4n) is 1.58. The van der Waals surface area contributed by atoms with Gasteiger partial charge in [0.25, 0.3) is 5.91 Å². The Morgan fingerprint density at radius 2 is 1.90 bits per heavy atom. The average Bonchev–Trinajstić information content (AvgIpc) is 2.36. The second-order valence-electron chi connectivity index (χ2n) is 4.35. The van der Waals surface area contributed by atoms with Crippen molar-refractivity contribution >= 4 is 43.7 Å². The third-order valence-electron chi connectivity index (χ3n) is 2.58. The molecule has 1 aromatic carbocycles. The summed E-state index contributed by atoms with van der Waals surface area (Å²) in [6.07, 6.45) is 0.187. The molecule has 0 aliphatic carbocycles. The maximum absolute atomic E-state index is 12.1. The van der Waals surface area contributed by atoms with Crippen LogP contribution in [0.3, 0.4) is 0 Å². The Hall–Kier alpha value is -1.39. The van der Waals surface area contributed by atoms with Gasteiger partial charge in [0, 0.05) is 20.4 Å². The van der Waals surface area contributed by atoms with E-state index in [1.54, 1.807) is 25.1 Å². The van der Waals surface area contributed by atoms with E-state index in [1.807, 2.05) is 6.07 Å². The Morgan fingerprint density at radius 3 is 2.35 bits per heavy atom. The third-order valence-corrected chi connectivity index (χ3v) is 3.50. The number of carbonyl (C=O) groups is 2. The lowest BCUT2D eigenvalue weighted by Gasteiger charge is -2.16. The van der Waals surface area contributed by atoms with Crippen molar-refractivity contribution in [2.24, 2.45) is 11.7 Å². The number of carbonyl (C=O) groups excluding carboxylic acids is 2. The topological polar surface area (TPSA) is 96.0 Å². The van der Waals surface area contributed by atoms with Gasteiger partial charge >= 0.3 is 0 Å². The van der Waals surface area contributed by atoms with Gasteiger partial charge in [0.15, 0.2) is 0 Å². The highest BCUT2D eigenvalue weighted by molar-refractivity contribution is 9.11. The maximum atomic E-state index is 12.1. The Balaban J connectivity index is 2.86. The van der Waals surface area contributed by atoms with Crippen LogP contribution in [0, 0.1) is 17.2 Å². The number of nitrogens with two attached hydrogens (primary N) is 1. The van der Waals surface area contributed by atoms with Crippen LogP contribution in [-0.4, -0.2) is 17.9 Å². The predicted octanol–water partition coefficient (Wildman–Crippen LogP) is 2.35. The van der Waals surface area contributed by atoms with Crippen molar-refractivity contribution in [3.05, 3.63) is 32.7 Å². The molecule has 0 aliphatic rings. The SMILES string of the molecule is C[C@@H](C#N)C[C@H](NC(=O)c1cc(Br)cc(Br)c1)C(N)=O. The van der Waals surface area contributed by atoms with E-state index in [0.717, 1.165) is 8.95 Å². The first-order chi connectivity index (χ1) is 9.33. The van der Waals surface area contributed by atoms with Crippen LogP contribution in [0.5, 0.6) is 0 Å². The minimum absolute atomic E-state index is 0.187. The lowest BCUT2D eigenvalue weighted by molar-refractivity contribution is -0.120. The van der Waals surface area contributed by atoms with Gasteiger partial charge in [0.05, 0.1) is 6.07 Å². The van der Waals surface area contributed by atoms with E-state index < -0.39 is 17.9 Å². The van der Waals surface area contributed by atoms with Crippen molar-refractivity contribution in [1.29, 1.82) is 5.26 Å². The molecule has 1 aromatic rings. The molecule has 0 aromatic heterocycles. The summed E-state index contributed by atoms with van der Waals surface area (Å²) < 4.78 is 1.47. The van der Waals surface area contributed by atoms with Crippen molar-refractivity contribution in [1.82, 2.24) is 5.32 Å². The highest BCUT2D eigenvalue weighted by Crippen LogP contribution is 2.20. The summed E-state index contributed by atoms with van der Waals surface area (Å²) in [4.78, 5) is 23.4. The van der Waals surface area contributed by atoms with Gasteiger partial charge in [-0.25, -0.2) is 0 Å². The van der Waals surface area contributed by atoms with Crippen LogP contribution in [0.15, 0.2) is 27.1 Å². The fourth-order valence-corrected chi connectivity index (χ4v) is 2.87. The summed E-state index contributed by atoms with van der Waals surface area (Å²) in [6, 6.07) is 6.20. The number of hydrogen-bond donors (Lipinski definition) is 2. The average molecular weight is 403 g/mol. The predicted molar refractivity (Wildman–Crippen MR) is 81.7 cm³/mol.